The summed E-state index contributed by atoms with van der Waals surface area (Å²) >= 11 is 3.46. The minimum atomic E-state index is -1.27. The van der Waals surface area contributed by atoms with Crippen LogP contribution >= 0.6 is 15.9 Å². The van der Waals surface area contributed by atoms with Crippen LogP contribution < -0.4 is 11.1 Å². The number of benzene rings is 1. The third-order valence-electron chi connectivity index (χ3n) is 4.72. The second-order valence-electron chi connectivity index (χ2n) is 6.60. The van der Waals surface area contributed by atoms with Gasteiger partial charge in [0, 0.05) is 10.5 Å². The summed E-state index contributed by atoms with van der Waals surface area (Å²) in [6.45, 7) is 1.40. The summed E-state index contributed by atoms with van der Waals surface area (Å²) in [5.41, 5.74) is 7.00. The molecule has 1 aromatic heterocycles. The average molecular weight is 408 g/mol. The summed E-state index contributed by atoms with van der Waals surface area (Å²) in [5, 5.41) is 3.38. The number of hydrogen-bond donors (Lipinski definition) is 2. The highest BCUT2D eigenvalue weighted by Gasteiger charge is 2.28. The number of nitrogens with zero attached hydrogens (tertiary/aromatic N) is 3. The Morgan fingerprint density at radius 3 is 2.56 bits per heavy atom. The van der Waals surface area contributed by atoms with Crippen LogP contribution in [-0.2, 0) is 6.42 Å². The van der Waals surface area contributed by atoms with Gasteiger partial charge in [-0.05, 0) is 56.2 Å². The molecule has 2 aromatic rings. The van der Waals surface area contributed by atoms with Crippen molar-refractivity contribution in [1.29, 1.82) is 0 Å². The van der Waals surface area contributed by atoms with Gasteiger partial charge in [-0.1, -0.05) is 34.5 Å². The van der Waals surface area contributed by atoms with Crippen LogP contribution in [0.25, 0.3) is 0 Å². The van der Waals surface area contributed by atoms with Gasteiger partial charge in [0.25, 0.3) is 0 Å². The number of halogens is 2. The Balaban J connectivity index is 1.69. The van der Waals surface area contributed by atoms with E-state index >= 15 is 0 Å². The lowest BCUT2D eigenvalue weighted by molar-refractivity contribution is 0.265. The Morgan fingerprint density at radius 2 is 1.96 bits per heavy atom. The molecule has 0 unspecified atom stereocenters. The van der Waals surface area contributed by atoms with Gasteiger partial charge in [-0.2, -0.15) is 15.0 Å². The van der Waals surface area contributed by atoms with Crippen LogP contribution in [0.5, 0.6) is 0 Å². The molecule has 0 amide bonds. The minimum absolute atomic E-state index is 0.0530. The largest absolute Gasteiger partial charge is 0.368 e. The van der Waals surface area contributed by atoms with Crippen molar-refractivity contribution in [3.8, 4) is 0 Å². The Hall–Kier alpha value is -1.76. The predicted octanol–water partition coefficient (Wildman–Crippen LogP) is 4.46. The molecule has 134 valence electrons. The van der Waals surface area contributed by atoms with Gasteiger partial charge in [0.1, 0.15) is 0 Å². The van der Waals surface area contributed by atoms with E-state index in [4.69, 9.17) is 5.73 Å². The Kier molecular flexibility index (Phi) is 5.83. The lowest BCUT2D eigenvalue weighted by Crippen LogP contribution is -2.35. The normalized spacial score (nSPS) is 16.9. The van der Waals surface area contributed by atoms with E-state index in [1.807, 2.05) is 0 Å². The van der Waals surface area contributed by atoms with Crippen LogP contribution in [0.2, 0.25) is 0 Å². The first kappa shape index (κ1) is 18.0. The first-order valence-electron chi connectivity index (χ1n) is 8.68. The molecule has 0 saturated heterocycles. The van der Waals surface area contributed by atoms with Gasteiger partial charge in [0.15, 0.2) is 12.0 Å². The number of nitrogens with two attached hydrogens (primary N) is 1. The maximum atomic E-state index is 13.5. The minimum Gasteiger partial charge on any atom is -0.368 e. The summed E-state index contributed by atoms with van der Waals surface area (Å²) in [6, 6.07) is 8.63. The summed E-state index contributed by atoms with van der Waals surface area (Å²) < 4.78 is 14.6. The number of aromatic nitrogens is 3. The summed E-state index contributed by atoms with van der Waals surface area (Å²) in [4.78, 5) is 12.2. The molecule has 0 aliphatic heterocycles. The lowest BCUT2D eigenvalue weighted by atomic mass is 9.78. The summed E-state index contributed by atoms with van der Waals surface area (Å²) in [5.74, 6) is 1.10. The molecule has 1 aliphatic carbocycles. The summed E-state index contributed by atoms with van der Waals surface area (Å²) in [6.07, 6.45) is 4.33. The van der Waals surface area contributed by atoms with Gasteiger partial charge in [0.05, 0.1) is 0 Å². The molecule has 1 heterocycles. The number of rotatable bonds is 7. The average Bonchev–Trinajstić information content (AvgIpc) is 2.52. The molecule has 3 N–H and O–H groups in total. The molecular formula is C18H23BrFN5. The fourth-order valence-corrected chi connectivity index (χ4v) is 3.32. The third-order valence-corrected chi connectivity index (χ3v) is 5.25. The van der Waals surface area contributed by atoms with Gasteiger partial charge in [-0.15, -0.1) is 0 Å². The van der Waals surface area contributed by atoms with Gasteiger partial charge in [-0.3, -0.25) is 0 Å². The fourth-order valence-electron chi connectivity index (χ4n) is 3.06. The highest BCUT2D eigenvalue weighted by Crippen LogP contribution is 2.33. The molecule has 0 bridgehead atoms. The molecule has 1 fully saturated rings. The monoisotopic (exact) mass is 407 g/mol. The first-order valence-corrected chi connectivity index (χ1v) is 9.47. The molecule has 1 aromatic carbocycles. The van der Waals surface area contributed by atoms with Crippen molar-refractivity contribution < 1.29 is 4.39 Å². The van der Waals surface area contributed by atoms with Crippen molar-refractivity contribution in [1.82, 2.24) is 15.0 Å². The highest BCUT2D eigenvalue weighted by molar-refractivity contribution is 9.10. The summed E-state index contributed by atoms with van der Waals surface area (Å²) in [7, 11) is 0. The molecule has 3 rings (SSSR count). The topological polar surface area (TPSA) is 76.7 Å². The van der Waals surface area contributed by atoms with E-state index in [9.17, 15) is 4.39 Å². The van der Waals surface area contributed by atoms with Crippen LogP contribution in [0.4, 0.5) is 16.3 Å². The molecule has 5 nitrogen and oxygen atoms in total. The van der Waals surface area contributed by atoms with Crippen LogP contribution in [0.15, 0.2) is 28.7 Å². The SMILES string of the molecule is C[C@H](F)c1nc(N)nc(N[C@@H](CCc2ccc(Br)cc2)C2CCC2)n1. The van der Waals surface area contributed by atoms with Gasteiger partial charge in [-0.25, -0.2) is 4.39 Å². The van der Waals surface area contributed by atoms with Crippen LogP contribution in [0.1, 0.15) is 50.2 Å². The number of alkyl halides is 1. The van der Waals surface area contributed by atoms with E-state index in [0.717, 1.165) is 17.3 Å². The molecule has 1 aliphatic rings. The maximum Gasteiger partial charge on any atom is 0.228 e. The van der Waals surface area contributed by atoms with Gasteiger partial charge in [0.2, 0.25) is 11.9 Å². The second kappa shape index (κ2) is 8.08. The number of aryl methyl sites for hydroxylation is 1. The van der Waals surface area contributed by atoms with Gasteiger partial charge >= 0.3 is 0 Å². The van der Waals surface area contributed by atoms with Crippen LogP contribution in [0, 0.1) is 5.92 Å². The number of nitrogens with one attached hydrogen (secondary N) is 1. The van der Waals surface area contributed by atoms with Gasteiger partial charge < -0.3 is 11.1 Å². The Bertz CT molecular complexity index is 703. The standard InChI is InChI=1S/C18H23BrFN5/c1-11(20)16-23-17(21)25-18(24-16)22-15(13-3-2-4-13)10-7-12-5-8-14(19)9-6-12/h5-6,8-9,11,13,15H,2-4,7,10H2,1H3,(H3,21,22,23,24,25)/t11-,15-/m0/s1. The third kappa shape index (κ3) is 4.87. The van der Waals surface area contributed by atoms with Crippen LogP contribution in [-0.4, -0.2) is 21.0 Å². The Morgan fingerprint density at radius 1 is 1.24 bits per heavy atom. The zero-order valence-corrected chi connectivity index (χ0v) is 15.8. The number of anilines is 2. The molecule has 7 heteroatoms. The number of hydrogen-bond acceptors (Lipinski definition) is 5. The molecule has 0 spiro atoms. The number of nitrogen functional groups attached to an aromatic ring is 1. The molecule has 1 saturated carbocycles. The zero-order valence-electron chi connectivity index (χ0n) is 14.3. The van der Waals surface area contributed by atoms with Crippen molar-refractivity contribution in [3.05, 3.63) is 40.1 Å². The molecule has 0 radical (unpaired) electrons. The van der Waals surface area contributed by atoms with E-state index < -0.39 is 6.17 Å². The van der Waals surface area contributed by atoms with Crippen molar-refractivity contribution >= 4 is 27.8 Å². The maximum absolute atomic E-state index is 13.5. The Labute approximate surface area is 155 Å². The predicted molar refractivity (Wildman–Crippen MR) is 101 cm³/mol. The van der Waals surface area contributed by atoms with E-state index in [2.05, 4.69) is 60.5 Å². The quantitative estimate of drug-likeness (QED) is 0.708. The van der Waals surface area contributed by atoms with Crippen molar-refractivity contribution in [2.45, 2.75) is 51.2 Å². The lowest BCUT2D eigenvalue weighted by Gasteiger charge is -2.34. The molecular weight excluding hydrogens is 385 g/mol. The smallest absolute Gasteiger partial charge is 0.228 e. The van der Waals surface area contributed by atoms with E-state index in [1.54, 1.807) is 0 Å². The second-order valence-corrected chi connectivity index (χ2v) is 7.51. The van der Waals surface area contributed by atoms with Crippen molar-refractivity contribution in [2.75, 3.05) is 11.1 Å². The highest BCUT2D eigenvalue weighted by atomic mass is 79.9. The molecule has 25 heavy (non-hydrogen) atoms. The first-order chi connectivity index (χ1) is 12.0. The zero-order chi connectivity index (χ0) is 17.8. The fraction of sp³-hybridized carbons (Fsp3) is 0.500. The van der Waals surface area contributed by atoms with Crippen molar-refractivity contribution in [2.24, 2.45) is 5.92 Å². The molecule has 2 atom stereocenters. The van der Waals surface area contributed by atoms with E-state index in [0.29, 0.717) is 11.9 Å². The van der Waals surface area contributed by atoms with Crippen molar-refractivity contribution in [3.63, 3.8) is 0 Å². The van der Waals surface area contributed by atoms with Crippen LogP contribution in [0.3, 0.4) is 0 Å². The van der Waals surface area contributed by atoms with E-state index in [-0.39, 0.29) is 17.8 Å². The van der Waals surface area contributed by atoms with E-state index in [1.165, 1.54) is 31.7 Å².